The van der Waals surface area contributed by atoms with Crippen LogP contribution in [0, 0.1) is 55.4 Å². The Labute approximate surface area is 438 Å². The topological polar surface area (TPSA) is 160 Å². The molecule has 2 aliphatic rings. The number of nitrogens with zero attached hydrogens (tertiary/aromatic N) is 11. The third kappa shape index (κ3) is 10.8. The number of halogens is 1. The number of hydrogen-bond donors (Lipinski definition) is 1. The van der Waals surface area contributed by atoms with E-state index in [-0.39, 0.29) is 12.5 Å². The highest BCUT2D eigenvalue weighted by molar-refractivity contribution is 7.98. The first-order chi connectivity index (χ1) is 34.7. The minimum Gasteiger partial charge on any atom is -0.358 e. The lowest BCUT2D eigenvalue weighted by molar-refractivity contribution is -0.0309. The number of rotatable bonds is 8. The molecule has 0 amide bonds. The summed E-state index contributed by atoms with van der Waals surface area (Å²) in [5.41, 5.74) is 18.1. The summed E-state index contributed by atoms with van der Waals surface area (Å²) in [4.78, 5) is 45.4. The second kappa shape index (κ2) is 22.4. The Morgan fingerprint density at radius 2 is 0.958 bits per heavy atom. The number of hydrogen-bond acceptors (Lipinski definition) is 14. The third-order valence-electron chi connectivity index (χ3n) is 13.0. The van der Waals surface area contributed by atoms with Gasteiger partial charge in [0.2, 0.25) is 5.28 Å². The molecule has 0 radical (unpaired) electrons. The quantitative estimate of drug-likeness (QED) is 0.0870. The molecule has 14 nitrogen and oxygen atoms in total. The molecule has 9 aromatic rings. The van der Waals surface area contributed by atoms with Crippen molar-refractivity contribution >= 4 is 80.4 Å². The van der Waals surface area contributed by atoms with Gasteiger partial charge in [-0.1, -0.05) is 107 Å². The van der Waals surface area contributed by atoms with E-state index in [1.54, 1.807) is 11.8 Å². The molecule has 72 heavy (non-hydrogen) atoms. The average Bonchev–Trinajstić information content (AvgIpc) is 4.04. The van der Waals surface area contributed by atoms with Crippen LogP contribution in [0.4, 0.5) is 0 Å². The van der Waals surface area contributed by atoms with Crippen molar-refractivity contribution in [2.75, 3.05) is 32.0 Å². The largest absolute Gasteiger partial charge is 0.358 e. The van der Waals surface area contributed by atoms with E-state index in [9.17, 15) is 0 Å². The van der Waals surface area contributed by atoms with Gasteiger partial charge in [-0.25, -0.2) is 44.9 Å². The summed E-state index contributed by atoms with van der Waals surface area (Å²) in [5.74, 6) is 1.80. The van der Waals surface area contributed by atoms with Crippen LogP contribution >= 0.6 is 46.9 Å². The zero-order valence-electron chi connectivity index (χ0n) is 42.8. The van der Waals surface area contributed by atoms with Gasteiger partial charge < -0.3 is 14.5 Å². The molecule has 3 aromatic carbocycles. The smallest absolute Gasteiger partial charge is 0.207 e. The molecule has 18 heteroatoms. The van der Waals surface area contributed by atoms with Gasteiger partial charge in [0.15, 0.2) is 32.4 Å². The molecule has 2 aliphatic heterocycles. The highest BCUT2D eigenvalue weighted by Crippen LogP contribution is 2.38. The maximum absolute atomic E-state index is 6.52. The van der Waals surface area contributed by atoms with Gasteiger partial charge in [-0.15, -0.1) is 0 Å². The first kappa shape index (κ1) is 51.5. The fraction of sp³-hybridized carbons (Fsp3) is 0.389. The van der Waals surface area contributed by atoms with Crippen LogP contribution in [0.1, 0.15) is 96.0 Å². The number of benzene rings is 3. The molecule has 0 saturated carbocycles. The van der Waals surface area contributed by atoms with Crippen molar-refractivity contribution in [1.29, 1.82) is 0 Å². The van der Waals surface area contributed by atoms with Gasteiger partial charge in [0, 0.05) is 29.9 Å². The summed E-state index contributed by atoms with van der Waals surface area (Å²) < 4.78 is 16.0. The number of H-pyrrole nitrogens is 1. The lowest BCUT2D eigenvalue weighted by Crippen LogP contribution is -2.19. The lowest BCUT2D eigenvalue weighted by atomic mass is 10.0. The fourth-order valence-corrected chi connectivity index (χ4v) is 10.9. The highest BCUT2D eigenvalue weighted by Gasteiger charge is 2.27. The Balaban J connectivity index is 0.000000135. The van der Waals surface area contributed by atoms with E-state index in [0.29, 0.717) is 10.4 Å². The number of nitrogens with one attached hydrogen (secondary N) is 1. The standard InChI is InChI=1S/C20H24N4OS.C19H21ClN4OS.C15H16N4S/c1-12-8-9-15(13(2)11-12)17-18-19(23-20(22-17)26-4)24(14(3)21-18)16-7-5-6-10-25-16;1-11-7-8-13(12(2)10-11)15-16-17(23-19(22-15)26-3)24(18(20)21-16)14-6-4-5-9-25-14;1-8-5-6-11(9(2)7-8)12-13-14(17-10(3)16-13)19-15(18-12)20-4/h8-9,11,16H,5-7,10H2,1-4H3;7-8,10,14H,4-6,9H2,1-3H3;5-7H,1-4H3,(H,16,17,18,19). The molecule has 2 saturated heterocycles. The molecule has 2 unspecified atom stereocenters. The molecule has 2 atom stereocenters. The SMILES string of the molecule is CSc1nc(-c2ccc(C)cc2C)c2[nH]c(C)nc2n1.CSc1nc(-c2ccc(C)cc2C)c2nc(C)n(C3CCCCO3)c2n1.CSc1nc(-c2ccc(C)cc2C)c2nc(Cl)n(C3CCCCO3)c2n1. The van der Waals surface area contributed by atoms with E-state index in [0.717, 1.165) is 140 Å². The number of aromatic amines is 1. The molecule has 0 aliphatic carbocycles. The van der Waals surface area contributed by atoms with Crippen molar-refractivity contribution in [3.63, 3.8) is 0 Å². The molecule has 0 bridgehead atoms. The Kier molecular flexibility index (Phi) is 16.0. The van der Waals surface area contributed by atoms with Crippen molar-refractivity contribution < 1.29 is 9.47 Å². The Morgan fingerprint density at radius 3 is 1.43 bits per heavy atom. The molecule has 8 heterocycles. The van der Waals surface area contributed by atoms with Crippen molar-refractivity contribution in [1.82, 2.24) is 59.0 Å². The maximum Gasteiger partial charge on any atom is 0.207 e. The predicted molar refractivity (Wildman–Crippen MR) is 295 cm³/mol. The van der Waals surface area contributed by atoms with E-state index in [1.165, 1.54) is 57.8 Å². The maximum atomic E-state index is 6.52. The van der Waals surface area contributed by atoms with E-state index in [1.807, 2.05) is 37.2 Å². The van der Waals surface area contributed by atoms with Crippen LogP contribution in [0.3, 0.4) is 0 Å². The molecular weight excluding hydrogens is 980 g/mol. The first-order valence-electron chi connectivity index (χ1n) is 24.3. The molecule has 6 aromatic heterocycles. The summed E-state index contributed by atoms with van der Waals surface area (Å²) in [7, 11) is 0. The van der Waals surface area contributed by atoms with Gasteiger partial charge in [-0.05, 0) is 141 Å². The molecule has 374 valence electrons. The van der Waals surface area contributed by atoms with E-state index in [4.69, 9.17) is 46.0 Å². The second-order valence-electron chi connectivity index (χ2n) is 18.4. The number of aryl methyl sites for hydroxylation is 8. The van der Waals surface area contributed by atoms with Gasteiger partial charge >= 0.3 is 0 Å². The van der Waals surface area contributed by atoms with Crippen molar-refractivity contribution in [3.8, 4) is 33.8 Å². The second-order valence-corrected chi connectivity index (χ2v) is 21.1. The fourth-order valence-electron chi connectivity index (χ4n) is 9.52. The van der Waals surface area contributed by atoms with Gasteiger partial charge in [0.05, 0.1) is 0 Å². The zero-order chi connectivity index (χ0) is 50.8. The normalized spacial score (nSPS) is 15.9. The van der Waals surface area contributed by atoms with Gasteiger partial charge in [0.1, 0.15) is 57.7 Å². The van der Waals surface area contributed by atoms with Crippen LogP contribution in [0.5, 0.6) is 0 Å². The van der Waals surface area contributed by atoms with E-state index < -0.39 is 0 Å². The van der Waals surface area contributed by atoms with Crippen LogP contribution in [-0.4, -0.2) is 91.0 Å². The van der Waals surface area contributed by atoms with Crippen LogP contribution in [0.25, 0.3) is 67.3 Å². The van der Waals surface area contributed by atoms with Crippen molar-refractivity contribution in [3.05, 3.63) is 105 Å². The van der Waals surface area contributed by atoms with Crippen LogP contribution in [0.2, 0.25) is 5.28 Å². The van der Waals surface area contributed by atoms with E-state index in [2.05, 4.69) is 126 Å². The predicted octanol–water partition coefficient (Wildman–Crippen LogP) is 13.7. The van der Waals surface area contributed by atoms with Crippen LogP contribution in [0.15, 0.2) is 70.1 Å². The minimum atomic E-state index is -0.113. The first-order valence-corrected chi connectivity index (χ1v) is 28.3. The zero-order valence-corrected chi connectivity index (χ0v) is 46.1. The Hall–Kier alpha value is -5.43. The number of ether oxygens (including phenoxy) is 2. The van der Waals surface area contributed by atoms with Crippen LogP contribution < -0.4 is 0 Å². The summed E-state index contributed by atoms with van der Waals surface area (Å²) >= 11 is 11.1. The molecule has 1 N–H and O–H groups in total. The molecular formula is C54H61ClN12O2S3. The number of imidazole rings is 3. The monoisotopic (exact) mass is 1040 g/mol. The van der Waals surface area contributed by atoms with E-state index >= 15 is 0 Å². The minimum absolute atomic E-state index is 0.0188. The number of aromatic nitrogens is 12. The van der Waals surface area contributed by atoms with Gasteiger partial charge in [0.25, 0.3) is 0 Å². The van der Waals surface area contributed by atoms with Crippen LogP contribution in [-0.2, 0) is 9.47 Å². The Morgan fingerprint density at radius 1 is 0.514 bits per heavy atom. The van der Waals surface area contributed by atoms with Gasteiger partial charge in [-0.2, -0.15) is 0 Å². The summed E-state index contributed by atoms with van der Waals surface area (Å²) in [6.45, 7) is 18.1. The van der Waals surface area contributed by atoms with Gasteiger partial charge in [-0.3, -0.25) is 9.13 Å². The number of thioether (sulfide) groups is 3. The molecule has 0 spiro atoms. The highest BCUT2D eigenvalue weighted by atomic mass is 35.5. The Bertz CT molecular complexity index is 3280. The average molecular weight is 1040 g/mol. The van der Waals surface area contributed by atoms with Crippen molar-refractivity contribution in [2.24, 2.45) is 0 Å². The third-order valence-corrected chi connectivity index (χ3v) is 14.9. The summed E-state index contributed by atoms with van der Waals surface area (Å²) in [6.07, 6.45) is 12.3. The van der Waals surface area contributed by atoms with Crippen molar-refractivity contribution in [2.45, 2.75) is 122 Å². The molecule has 11 rings (SSSR count). The summed E-state index contributed by atoms with van der Waals surface area (Å²) in [5, 5.41) is 2.63. The summed E-state index contributed by atoms with van der Waals surface area (Å²) in [6, 6.07) is 19.2. The lowest BCUT2D eigenvalue weighted by Gasteiger charge is -2.25. The molecule has 2 fully saturated rings. The number of fused-ring (bicyclic) bond motifs is 3.